The molecule has 0 fully saturated rings. The van der Waals surface area contributed by atoms with Crippen LogP contribution < -0.4 is 15.5 Å². The maximum atomic E-state index is 10.8. The molecule has 2 aromatic carbocycles. The van der Waals surface area contributed by atoms with Crippen molar-refractivity contribution in [2.75, 3.05) is 31.6 Å². The Kier molecular flexibility index (Phi) is 6.57. The lowest BCUT2D eigenvalue weighted by Crippen LogP contribution is -2.44. The Hall–Kier alpha value is -2.53. The van der Waals surface area contributed by atoms with Crippen LogP contribution in [0.4, 0.5) is 5.69 Å². The number of guanidine groups is 1. The molecule has 5 heteroatoms. The molecule has 2 aromatic rings. The van der Waals surface area contributed by atoms with Crippen LogP contribution in [0.1, 0.15) is 37.0 Å². The lowest BCUT2D eigenvalue weighted by Gasteiger charge is -2.27. The molecule has 1 unspecified atom stereocenters. The van der Waals surface area contributed by atoms with E-state index < -0.39 is 5.60 Å². The second-order valence-electron chi connectivity index (χ2n) is 7.68. The van der Waals surface area contributed by atoms with Gasteiger partial charge in [-0.15, -0.1) is 0 Å². The van der Waals surface area contributed by atoms with Gasteiger partial charge in [0.25, 0.3) is 0 Å². The number of fused-ring (bicyclic) bond motifs is 1. The van der Waals surface area contributed by atoms with Crippen molar-refractivity contribution in [1.29, 1.82) is 0 Å². The number of aryl methyl sites for hydroxylation is 1. The van der Waals surface area contributed by atoms with Crippen LogP contribution in [-0.4, -0.2) is 37.7 Å². The second-order valence-corrected chi connectivity index (χ2v) is 7.68. The molecule has 3 rings (SSSR count). The van der Waals surface area contributed by atoms with E-state index in [9.17, 15) is 5.11 Å². The Morgan fingerprint density at radius 3 is 2.71 bits per heavy atom. The molecule has 1 aliphatic heterocycles. The zero-order valence-corrected chi connectivity index (χ0v) is 17.2. The number of benzene rings is 2. The second kappa shape index (κ2) is 9.11. The topological polar surface area (TPSA) is 59.9 Å². The summed E-state index contributed by atoms with van der Waals surface area (Å²) in [5.41, 5.74) is 3.88. The van der Waals surface area contributed by atoms with E-state index in [0.29, 0.717) is 19.0 Å². The number of nitrogens with zero attached hydrogens (tertiary/aromatic N) is 2. The third-order valence-electron chi connectivity index (χ3n) is 5.25. The monoisotopic (exact) mass is 380 g/mol. The molecule has 0 amide bonds. The number of hydrogen-bond donors (Lipinski definition) is 3. The average Bonchev–Trinajstić information content (AvgIpc) is 2.71. The lowest BCUT2D eigenvalue weighted by molar-refractivity contribution is 0.0617. The molecule has 1 atom stereocenters. The molecule has 28 heavy (non-hydrogen) atoms. The van der Waals surface area contributed by atoms with Crippen molar-refractivity contribution in [2.24, 2.45) is 4.99 Å². The van der Waals surface area contributed by atoms with E-state index in [1.165, 1.54) is 23.2 Å². The van der Waals surface area contributed by atoms with Gasteiger partial charge in [0.15, 0.2) is 5.96 Å². The highest BCUT2D eigenvalue weighted by molar-refractivity contribution is 5.79. The first-order chi connectivity index (χ1) is 13.5. The number of anilines is 1. The van der Waals surface area contributed by atoms with Gasteiger partial charge in [-0.2, -0.15) is 0 Å². The van der Waals surface area contributed by atoms with E-state index in [2.05, 4.69) is 40.8 Å². The minimum Gasteiger partial charge on any atom is -0.384 e. The Morgan fingerprint density at radius 1 is 1.18 bits per heavy atom. The van der Waals surface area contributed by atoms with Gasteiger partial charge in [-0.05, 0) is 49.4 Å². The molecule has 5 nitrogen and oxygen atoms in total. The smallest absolute Gasteiger partial charge is 0.191 e. The third kappa shape index (κ3) is 5.04. The Bertz CT molecular complexity index is 802. The highest BCUT2D eigenvalue weighted by atomic mass is 16.3. The van der Waals surface area contributed by atoms with Gasteiger partial charge in [0.1, 0.15) is 5.60 Å². The molecule has 0 aromatic heterocycles. The van der Waals surface area contributed by atoms with Gasteiger partial charge in [-0.25, -0.2) is 4.99 Å². The molecule has 0 saturated heterocycles. The van der Waals surface area contributed by atoms with Gasteiger partial charge in [-0.1, -0.05) is 42.5 Å². The van der Waals surface area contributed by atoms with Crippen LogP contribution in [0.25, 0.3) is 0 Å². The fourth-order valence-electron chi connectivity index (χ4n) is 3.60. The summed E-state index contributed by atoms with van der Waals surface area (Å²) in [4.78, 5) is 7.04. The number of nitrogens with one attached hydrogen (secondary N) is 2. The van der Waals surface area contributed by atoms with E-state index in [1.807, 2.05) is 44.2 Å². The van der Waals surface area contributed by atoms with E-state index in [-0.39, 0.29) is 0 Å². The van der Waals surface area contributed by atoms with E-state index in [4.69, 9.17) is 4.99 Å². The molecule has 3 N–H and O–H groups in total. The molecule has 0 saturated carbocycles. The fraction of sp³-hybridized carbons (Fsp3) is 0.435. The molecule has 1 heterocycles. The van der Waals surface area contributed by atoms with Crippen molar-refractivity contribution in [1.82, 2.24) is 10.6 Å². The quantitative estimate of drug-likeness (QED) is 0.533. The zero-order chi connectivity index (χ0) is 20.0. The van der Waals surface area contributed by atoms with Crippen LogP contribution in [0.5, 0.6) is 0 Å². The highest BCUT2D eigenvalue weighted by Gasteiger charge is 2.23. The molecule has 0 aliphatic carbocycles. The number of hydrogen-bond acceptors (Lipinski definition) is 3. The molecule has 0 radical (unpaired) electrons. The standard InChI is InChI=1S/C23H32N4O/c1-4-24-22(26-17-23(2,28)20-10-6-5-7-11-20)25-16-18-12-13-21-19(15-18)9-8-14-27(21)3/h5-7,10-13,15,28H,4,8-9,14,16-17H2,1-3H3,(H2,24,25,26). The molecular weight excluding hydrogens is 348 g/mol. The highest BCUT2D eigenvalue weighted by Crippen LogP contribution is 2.27. The summed E-state index contributed by atoms with van der Waals surface area (Å²) in [5, 5.41) is 17.3. The van der Waals surface area contributed by atoms with Crippen LogP contribution in [-0.2, 0) is 18.6 Å². The summed E-state index contributed by atoms with van der Waals surface area (Å²) >= 11 is 0. The Morgan fingerprint density at radius 2 is 1.96 bits per heavy atom. The summed E-state index contributed by atoms with van der Waals surface area (Å²) in [6.45, 7) is 6.76. The minimum atomic E-state index is -0.964. The van der Waals surface area contributed by atoms with Gasteiger partial charge >= 0.3 is 0 Å². The van der Waals surface area contributed by atoms with Crippen LogP contribution in [0.3, 0.4) is 0 Å². The Balaban J connectivity index is 1.66. The molecule has 1 aliphatic rings. The maximum absolute atomic E-state index is 10.8. The van der Waals surface area contributed by atoms with Gasteiger partial charge < -0.3 is 20.6 Å². The van der Waals surface area contributed by atoms with Crippen molar-refractivity contribution in [3.8, 4) is 0 Å². The van der Waals surface area contributed by atoms with Crippen LogP contribution >= 0.6 is 0 Å². The van der Waals surface area contributed by atoms with Crippen molar-refractivity contribution in [3.63, 3.8) is 0 Å². The van der Waals surface area contributed by atoms with Gasteiger partial charge in [0.2, 0.25) is 0 Å². The number of aliphatic imine (C=N–C) groups is 1. The fourth-order valence-corrected chi connectivity index (χ4v) is 3.60. The minimum absolute atomic E-state index is 0.387. The molecule has 150 valence electrons. The SMILES string of the molecule is CCNC(=NCc1ccc2c(c1)CCCN2C)NCC(C)(O)c1ccccc1. The summed E-state index contributed by atoms with van der Waals surface area (Å²) < 4.78 is 0. The van der Waals surface area contributed by atoms with Crippen LogP contribution in [0.2, 0.25) is 0 Å². The van der Waals surface area contributed by atoms with E-state index in [1.54, 1.807) is 0 Å². The zero-order valence-electron chi connectivity index (χ0n) is 17.2. The molecular formula is C23H32N4O. The van der Waals surface area contributed by atoms with E-state index in [0.717, 1.165) is 25.1 Å². The predicted octanol–water partition coefficient (Wildman–Crippen LogP) is 3.03. The van der Waals surface area contributed by atoms with Crippen molar-refractivity contribution in [3.05, 3.63) is 65.2 Å². The molecule has 0 spiro atoms. The summed E-state index contributed by atoms with van der Waals surface area (Å²) in [6.07, 6.45) is 2.34. The first kappa shape index (κ1) is 20.2. The Labute approximate surface area is 168 Å². The van der Waals surface area contributed by atoms with Gasteiger partial charge in [0, 0.05) is 25.8 Å². The van der Waals surface area contributed by atoms with Crippen molar-refractivity contribution in [2.45, 2.75) is 38.8 Å². The molecule has 0 bridgehead atoms. The third-order valence-corrected chi connectivity index (χ3v) is 5.25. The van der Waals surface area contributed by atoms with Gasteiger partial charge in [0.05, 0.1) is 13.1 Å². The number of aliphatic hydroxyl groups is 1. The summed E-state index contributed by atoms with van der Waals surface area (Å²) in [7, 11) is 2.15. The van der Waals surface area contributed by atoms with Gasteiger partial charge in [-0.3, -0.25) is 0 Å². The van der Waals surface area contributed by atoms with Crippen molar-refractivity contribution >= 4 is 11.6 Å². The van der Waals surface area contributed by atoms with E-state index >= 15 is 0 Å². The first-order valence-corrected chi connectivity index (χ1v) is 10.1. The summed E-state index contributed by atoms with van der Waals surface area (Å²) in [6, 6.07) is 16.4. The number of rotatable bonds is 6. The normalized spacial score (nSPS) is 16.3. The maximum Gasteiger partial charge on any atom is 0.191 e. The average molecular weight is 381 g/mol. The largest absolute Gasteiger partial charge is 0.384 e. The lowest BCUT2D eigenvalue weighted by atomic mass is 9.96. The first-order valence-electron chi connectivity index (χ1n) is 10.1. The van der Waals surface area contributed by atoms with Crippen LogP contribution in [0, 0.1) is 0 Å². The summed E-state index contributed by atoms with van der Waals surface area (Å²) in [5.74, 6) is 0.716. The van der Waals surface area contributed by atoms with Crippen molar-refractivity contribution < 1.29 is 5.11 Å². The predicted molar refractivity (Wildman–Crippen MR) is 117 cm³/mol. The van der Waals surface area contributed by atoms with Crippen LogP contribution in [0.15, 0.2) is 53.5 Å².